The topological polar surface area (TPSA) is 59.0 Å². The van der Waals surface area contributed by atoms with E-state index in [1.54, 1.807) is 11.0 Å². The Morgan fingerprint density at radius 1 is 1.29 bits per heavy atom. The summed E-state index contributed by atoms with van der Waals surface area (Å²) in [5.74, 6) is 0. The van der Waals surface area contributed by atoms with Crippen LogP contribution in [0.4, 0.5) is 4.79 Å². The Kier molecular flexibility index (Phi) is 7.48. The van der Waals surface area contributed by atoms with Gasteiger partial charge in [0.15, 0.2) is 8.32 Å². The number of ether oxygens (including phenoxy) is 1. The predicted molar refractivity (Wildman–Crippen MR) is 115 cm³/mol. The molecule has 0 aliphatic carbocycles. The second kappa shape index (κ2) is 9.24. The lowest BCUT2D eigenvalue weighted by Gasteiger charge is -2.42. The summed E-state index contributed by atoms with van der Waals surface area (Å²) < 4.78 is 12.1. The van der Waals surface area contributed by atoms with Crippen LogP contribution in [0.5, 0.6) is 0 Å². The molecule has 1 aliphatic heterocycles. The van der Waals surface area contributed by atoms with Crippen LogP contribution >= 0.6 is 0 Å². The number of likely N-dealkylation sites (tertiary alicyclic amines) is 1. The van der Waals surface area contributed by atoms with Crippen LogP contribution in [-0.2, 0) is 15.8 Å². The molecule has 1 aromatic rings. The molecule has 1 atom stereocenters. The van der Waals surface area contributed by atoms with Crippen LogP contribution < -0.4 is 0 Å². The molecular formula is C22H35NO4Si. The highest BCUT2D eigenvalue weighted by Gasteiger charge is 2.46. The number of rotatable bonds is 7. The molecule has 0 saturated carbocycles. The highest BCUT2D eigenvalue weighted by atomic mass is 28.4. The van der Waals surface area contributed by atoms with Crippen LogP contribution in [-0.4, -0.2) is 49.7 Å². The Hall–Kier alpha value is -1.63. The monoisotopic (exact) mass is 405 g/mol. The summed E-state index contributed by atoms with van der Waals surface area (Å²) in [7, 11) is -1.97. The molecule has 1 fully saturated rings. The molecule has 156 valence electrons. The fourth-order valence-electron chi connectivity index (χ4n) is 3.14. The van der Waals surface area contributed by atoms with Gasteiger partial charge in [-0.1, -0.05) is 63.3 Å². The van der Waals surface area contributed by atoms with Crippen molar-refractivity contribution in [2.24, 2.45) is 0 Å². The van der Waals surface area contributed by atoms with Gasteiger partial charge in [0.25, 0.3) is 0 Å². The minimum absolute atomic E-state index is 0.0608. The summed E-state index contributed by atoms with van der Waals surface area (Å²) in [6, 6.07) is 9.68. The second-order valence-electron chi connectivity index (χ2n) is 9.03. The van der Waals surface area contributed by atoms with Crippen molar-refractivity contribution >= 4 is 14.4 Å². The van der Waals surface area contributed by atoms with Crippen molar-refractivity contribution in [3.8, 4) is 0 Å². The third-order valence-electron chi connectivity index (χ3n) is 5.98. The first kappa shape index (κ1) is 22.7. The minimum atomic E-state index is -1.97. The van der Waals surface area contributed by atoms with Gasteiger partial charge in [-0.2, -0.15) is 0 Å². The fourth-order valence-corrected chi connectivity index (χ4v) is 4.18. The summed E-state index contributed by atoms with van der Waals surface area (Å²) >= 11 is 0. The number of amides is 1. The molecule has 1 amide bonds. The Morgan fingerprint density at radius 2 is 1.96 bits per heavy atom. The summed E-state index contributed by atoms with van der Waals surface area (Å²) in [6.45, 7) is 12.3. The van der Waals surface area contributed by atoms with Crippen molar-refractivity contribution in [3.05, 3.63) is 48.0 Å². The Bertz CT molecular complexity index is 669. The van der Waals surface area contributed by atoms with Gasteiger partial charge in [-0.15, -0.1) is 0 Å². The van der Waals surface area contributed by atoms with E-state index in [1.807, 2.05) is 36.4 Å². The SMILES string of the molecule is CC(C)(C)[Si](C)(C)OC[C@]1(/C=C/CO)CCCN1C(=O)OCc1ccccc1. The van der Waals surface area contributed by atoms with Crippen LogP contribution in [0.15, 0.2) is 42.5 Å². The third-order valence-corrected chi connectivity index (χ3v) is 10.5. The molecule has 1 aliphatic rings. The van der Waals surface area contributed by atoms with E-state index < -0.39 is 13.9 Å². The number of carbonyl (C=O) groups excluding carboxylic acids is 1. The molecule has 1 heterocycles. The average molecular weight is 406 g/mol. The molecule has 1 N–H and O–H groups in total. The van der Waals surface area contributed by atoms with E-state index >= 15 is 0 Å². The number of nitrogens with zero attached hydrogens (tertiary/aromatic N) is 1. The van der Waals surface area contributed by atoms with Gasteiger partial charge in [0.2, 0.25) is 0 Å². The summed E-state index contributed by atoms with van der Waals surface area (Å²) in [5.41, 5.74) is 0.399. The number of hydrogen-bond acceptors (Lipinski definition) is 4. The predicted octanol–water partition coefficient (Wildman–Crippen LogP) is 4.73. The molecule has 1 saturated heterocycles. The van der Waals surface area contributed by atoms with E-state index in [-0.39, 0.29) is 24.3 Å². The van der Waals surface area contributed by atoms with E-state index in [4.69, 9.17) is 9.16 Å². The molecule has 0 bridgehead atoms. The van der Waals surface area contributed by atoms with Gasteiger partial charge in [-0.3, -0.25) is 4.90 Å². The lowest BCUT2D eigenvalue weighted by Crippen LogP contribution is -2.53. The average Bonchev–Trinajstić information content (AvgIpc) is 3.07. The zero-order valence-corrected chi connectivity index (χ0v) is 18.9. The summed E-state index contributed by atoms with van der Waals surface area (Å²) in [5, 5.41) is 9.41. The van der Waals surface area contributed by atoms with Crippen LogP contribution in [0.2, 0.25) is 18.1 Å². The van der Waals surface area contributed by atoms with E-state index in [2.05, 4.69) is 33.9 Å². The van der Waals surface area contributed by atoms with Crippen molar-refractivity contribution in [1.29, 1.82) is 0 Å². The van der Waals surface area contributed by atoms with Crippen molar-refractivity contribution in [2.75, 3.05) is 19.8 Å². The molecule has 6 heteroatoms. The fraction of sp³-hybridized carbons (Fsp3) is 0.591. The largest absolute Gasteiger partial charge is 0.445 e. The molecule has 2 rings (SSSR count). The molecule has 0 spiro atoms. The zero-order chi connectivity index (χ0) is 20.8. The first-order valence-electron chi connectivity index (χ1n) is 10.0. The Balaban J connectivity index is 2.14. The van der Waals surface area contributed by atoms with Crippen LogP contribution in [0.1, 0.15) is 39.2 Å². The molecule has 0 aromatic heterocycles. The summed E-state index contributed by atoms with van der Waals surface area (Å²) in [4.78, 5) is 14.7. The van der Waals surface area contributed by atoms with Crippen molar-refractivity contribution in [1.82, 2.24) is 4.90 Å². The van der Waals surface area contributed by atoms with Gasteiger partial charge in [0, 0.05) is 6.54 Å². The third kappa shape index (κ3) is 5.46. The smallest absolute Gasteiger partial charge is 0.410 e. The van der Waals surface area contributed by atoms with Gasteiger partial charge in [0.05, 0.1) is 18.8 Å². The quantitative estimate of drug-likeness (QED) is 0.526. The maximum atomic E-state index is 12.9. The van der Waals surface area contributed by atoms with Crippen LogP contribution in [0, 0.1) is 0 Å². The standard InChI is InChI=1S/C22H35NO4Si/c1-21(2,3)28(4,5)27-18-22(14-10-16-24)13-9-15-23(22)20(25)26-17-19-11-7-6-8-12-19/h6-8,10-12,14,24H,9,13,15-18H2,1-5H3/b14-10+/t22-/m1/s1. The second-order valence-corrected chi connectivity index (χ2v) is 13.8. The minimum Gasteiger partial charge on any atom is -0.445 e. The molecule has 1 aromatic carbocycles. The van der Waals surface area contributed by atoms with E-state index in [1.165, 1.54) is 0 Å². The lowest BCUT2D eigenvalue weighted by molar-refractivity contribution is 0.0587. The maximum Gasteiger partial charge on any atom is 0.410 e. The number of carbonyl (C=O) groups is 1. The van der Waals surface area contributed by atoms with Crippen molar-refractivity contribution < 1.29 is 19.1 Å². The first-order chi connectivity index (χ1) is 13.1. The number of aliphatic hydroxyl groups excluding tert-OH is 1. The van der Waals surface area contributed by atoms with Crippen molar-refractivity contribution in [2.45, 2.75) is 63.9 Å². The van der Waals surface area contributed by atoms with E-state index in [0.29, 0.717) is 13.2 Å². The number of hydrogen-bond donors (Lipinski definition) is 1. The maximum absolute atomic E-state index is 12.9. The van der Waals surface area contributed by atoms with Gasteiger partial charge in [-0.25, -0.2) is 4.79 Å². The molecular weight excluding hydrogens is 370 g/mol. The van der Waals surface area contributed by atoms with Gasteiger partial charge < -0.3 is 14.3 Å². The summed E-state index contributed by atoms with van der Waals surface area (Å²) in [6.07, 6.45) is 4.99. The Labute approximate surface area is 170 Å². The first-order valence-corrected chi connectivity index (χ1v) is 12.9. The Morgan fingerprint density at radius 3 is 2.57 bits per heavy atom. The van der Waals surface area contributed by atoms with Gasteiger partial charge >= 0.3 is 6.09 Å². The number of benzene rings is 1. The highest BCUT2D eigenvalue weighted by molar-refractivity contribution is 6.74. The highest BCUT2D eigenvalue weighted by Crippen LogP contribution is 2.39. The zero-order valence-electron chi connectivity index (χ0n) is 17.9. The van der Waals surface area contributed by atoms with E-state index in [9.17, 15) is 9.90 Å². The van der Waals surface area contributed by atoms with Gasteiger partial charge in [-0.05, 0) is 36.5 Å². The number of aliphatic hydroxyl groups is 1. The molecule has 0 radical (unpaired) electrons. The van der Waals surface area contributed by atoms with Crippen LogP contribution in [0.3, 0.4) is 0 Å². The molecule has 5 nitrogen and oxygen atoms in total. The van der Waals surface area contributed by atoms with E-state index in [0.717, 1.165) is 18.4 Å². The van der Waals surface area contributed by atoms with Crippen molar-refractivity contribution in [3.63, 3.8) is 0 Å². The molecule has 0 unspecified atom stereocenters. The lowest BCUT2D eigenvalue weighted by atomic mass is 9.97. The van der Waals surface area contributed by atoms with Gasteiger partial charge in [0.1, 0.15) is 6.61 Å². The van der Waals surface area contributed by atoms with Crippen LogP contribution in [0.25, 0.3) is 0 Å². The normalized spacial score (nSPS) is 20.7. The molecule has 28 heavy (non-hydrogen) atoms.